The van der Waals surface area contributed by atoms with Gasteiger partial charge in [-0.2, -0.15) is 13.2 Å². The van der Waals surface area contributed by atoms with Crippen LogP contribution in [0.1, 0.15) is 17.9 Å². The van der Waals surface area contributed by atoms with Crippen LogP contribution >= 0.6 is 0 Å². The second-order valence-electron chi connectivity index (χ2n) is 3.96. The van der Waals surface area contributed by atoms with Crippen LogP contribution < -0.4 is 34.7 Å². The summed E-state index contributed by atoms with van der Waals surface area (Å²) in [7, 11) is 0. The molecule has 0 amide bonds. The summed E-state index contributed by atoms with van der Waals surface area (Å²) < 4.78 is 38.6. The summed E-state index contributed by atoms with van der Waals surface area (Å²) in [6.45, 7) is 0. The van der Waals surface area contributed by atoms with E-state index in [2.05, 4.69) is 4.98 Å². The van der Waals surface area contributed by atoms with Crippen LogP contribution in [0.2, 0.25) is 0 Å². The zero-order chi connectivity index (χ0) is 13.3. The van der Waals surface area contributed by atoms with Crippen LogP contribution in [0.4, 0.5) is 13.2 Å². The Morgan fingerprint density at radius 2 is 1.95 bits per heavy atom. The number of hydrogen-bond acceptors (Lipinski definition) is 2. The van der Waals surface area contributed by atoms with Crippen molar-refractivity contribution in [1.82, 2.24) is 4.98 Å². The SMILES string of the molecule is O=C([O-])CC(c1c[nH]c2ccccc12)C(F)(F)F.[Na+]. The van der Waals surface area contributed by atoms with Crippen molar-refractivity contribution in [3.05, 3.63) is 36.0 Å². The molecule has 1 atom stereocenters. The minimum atomic E-state index is -4.62. The van der Waals surface area contributed by atoms with Gasteiger partial charge in [0.2, 0.25) is 0 Å². The summed E-state index contributed by atoms with van der Waals surface area (Å²) in [5.74, 6) is -3.78. The third-order valence-electron chi connectivity index (χ3n) is 2.76. The molecule has 96 valence electrons. The van der Waals surface area contributed by atoms with Crippen LogP contribution in [0.5, 0.6) is 0 Å². The van der Waals surface area contributed by atoms with Gasteiger partial charge in [0.15, 0.2) is 0 Å². The Labute approximate surface area is 129 Å². The van der Waals surface area contributed by atoms with Crippen molar-refractivity contribution in [1.29, 1.82) is 0 Å². The molecule has 0 spiro atoms. The van der Waals surface area contributed by atoms with Crippen LogP contribution in [-0.4, -0.2) is 17.1 Å². The molecule has 0 aliphatic heterocycles. The molecule has 19 heavy (non-hydrogen) atoms. The van der Waals surface area contributed by atoms with Crippen molar-refractivity contribution >= 4 is 16.9 Å². The van der Waals surface area contributed by atoms with Gasteiger partial charge in [0.05, 0.1) is 5.92 Å². The van der Waals surface area contributed by atoms with Crippen LogP contribution in [-0.2, 0) is 4.79 Å². The average molecular weight is 279 g/mol. The van der Waals surface area contributed by atoms with E-state index in [1.54, 1.807) is 18.2 Å². The summed E-state index contributed by atoms with van der Waals surface area (Å²) in [6.07, 6.45) is -4.50. The number of carbonyl (C=O) groups is 1. The standard InChI is InChI=1S/C12H10F3NO2.Na/c13-12(14,15)9(5-11(17)18)8-6-16-10-4-2-1-3-7(8)10;/h1-4,6,9,16H,5H2,(H,17,18);/q;+1/p-1. The number of fused-ring (bicyclic) bond motifs is 1. The zero-order valence-electron chi connectivity index (χ0n) is 10.1. The van der Waals surface area contributed by atoms with E-state index >= 15 is 0 Å². The van der Waals surface area contributed by atoms with Crippen molar-refractivity contribution in [2.45, 2.75) is 18.5 Å². The third-order valence-corrected chi connectivity index (χ3v) is 2.76. The number of aromatic nitrogens is 1. The topological polar surface area (TPSA) is 55.9 Å². The van der Waals surface area contributed by atoms with Gasteiger partial charge in [-0.25, -0.2) is 0 Å². The number of benzene rings is 1. The maximum atomic E-state index is 12.9. The van der Waals surface area contributed by atoms with E-state index in [1.165, 1.54) is 12.3 Å². The molecule has 2 aromatic rings. The summed E-state index contributed by atoms with van der Waals surface area (Å²) in [5, 5.41) is 10.8. The van der Waals surface area contributed by atoms with Gasteiger partial charge in [-0.15, -0.1) is 0 Å². The molecule has 0 radical (unpaired) electrons. The Morgan fingerprint density at radius 3 is 2.53 bits per heavy atom. The van der Waals surface area contributed by atoms with E-state index in [1.807, 2.05) is 0 Å². The van der Waals surface area contributed by atoms with Crippen LogP contribution in [0, 0.1) is 0 Å². The van der Waals surface area contributed by atoms with Gasteiger partial charge in [0.25, 0.3) is 0 Å². The molecular formula is C12H9F3NNaO2. The van der Waals surface area contributed by atoms with Crippen molar-refractivity contribution in [2.24, 2.45) is 0 Å². The van der Waals surface area contributed by atoms with Gasteiger partial charge in [0.1, 0.15) is 0 Å². The number of carbonyl (C=O) groups excluding carboxylic acids is 1. The Morgan fingerprint density at radius 1 is 1.32 bits per heavy atom. The number of alkyl halides is 3. The average Bonchev–Trinajstić information content (AvgIpc) is 2.67. The first-order valence-electron chi connectivity index (χ1n) is 5.22. The number of nitrogens with one attached hydrogen (secondary N) is 1. The molecule has 0 saturated carbocycles. The predicted molar refractivity (Wildman–Crippen MR) is 56.7 cm³/mol. The van der Waals surface area contributed by atoms with Crippen molar-refractivity contribution < 1.29 is 52.6 Å². The fourth-order valence-electron chi connectivity index (χ4n) is 1.95. The second kappa shape index (κ2) is 5.98. The molecule has 0 bridgehead atoms. The van der Waals surface area contributed by atoms with Crippen molar-refractivity contribution in [3.8, 4) is 0 Å². The van der Waals surface area contributed by atoms with E-state index in [0.717, 1.165) is 0 Å². The number of rotatable bonds is 3. The summed E-state index contributed by atoms with van der Waals surface area (Å²) in [4.78, 5) is 13.2. The molecular weight excluding hydrogens is 270 g/mol. The van der Waals surface area contributed by atoms with Gasteiger partial charge in [0, 0.05) is 29.5 Å². The van der Waals surface area contributed by atoms with Crippen LogP contribution in [0.3, 0.4) is 0 Å². The molecule has 1 N–H and O–H groups in total. The minimum Gasteiger partial charge on any atom is -0.550 e. The first kappa shape index (κ1) is 16.1. The normalized spacial score (nSPS) is 13.0. The van der Waals surface area contributed by atoms with Gasteiger partial charge >= 0.3 is 35.7 Å². The van der Waals surface area contributed by atoms with Gasteiger partial charge in [-0.1, -0.05) is 18.2 Å². The van der Waals surface area contributed by atoms with Gasteiger partial charge < -0.3 is 14.9 Å². The number of aliphatic carboxylic acids is 1. The Balaban J connectivity index is 0.00000180. The molecule has 3 nitrogen and oxygen atoms in total. The molecule has 2 rings (SSSR count). The van der Waals surface area contributed by atoms with E-state index in [9.17, 15) is 23.1 Å². The molecule has 1 aromatic carbocycles. The monoisotopic (exact) mass is 279 g/mol. The Hall–Kier alpha value is -0.980. The minimum absolute atomic E-state index is 0. The molecule has 0 saturated heterocycles. The molecule has 1 unspecified atom stereocenters. The fraction of sp³-hybridized carbons (Fsp3) is 0.250. The smallest absolute Gasteiger partial charge is 0.550 e. The van der Waals surface area contributed by atoms with Crippen molar-refractivity contribution in [3.63, 3.8) is 0 Å². The maximum absolute atomic E-state index is 12.9. The van der Waals surface area contributed by atoms with Crippen LogP contribution in [0.25, 0.3) is 10.9 Å². The predicted octanol–water partition coefficient (Wildman–Crippen LogP) is -1.04. The number of halogens is 3. The first-order valence-corrected chi connectivity index (χ1v) is 5.22. The van der Waals surface area contributed by atoms with Gasteiger partial charge in [-0.3, -0.25) is 0 Å². The largest absolute Gasteiger partial charge is 1.00 e. The second-order valence-corrected chi connectivity index (χ2v) is 3.96. The molecule has 0 aliphatic carbocycles. The number of carboxylic acid groups (broad SMARTS) is 1. The quantitative estimate of drug-likeness (QED) is 0.730. The number of hydrogen-bond donors (Lipinski definition) is 1. The number of para-hydroxylation sites is 1. The first-order chi connectivity index (χ1) is 8.39. The summed E-state index contributed by atoms with van der Waals surface area (Å²) >= 11 is 0. The Bertz CT molecular complexity index is 580. The molecule has 1 aromatic heterocycles. The fourth-order valence-corrected chi connectivity index (χ4v) is 1.95. The van der Waals surface area contributed by atoms with E-state index in [-0.39, 0.29) is 35.1 Å². The molecule has 0 aliphatic rings. The van der Waals surface area contributed by atoms with E-state index in [0.29, 0.717) is 10.9 Å². The maximum Gasteiger partial charge on any atom is 1.00 e. The number of H-pyrrole nitrogens is 1. The summed E-state index contributed by atoms with van der Waals surface area (Å²) in [6, 6.07) is 6.44. The number of carboxylic acids is 1. The van der Waals surface area contributed by atoms with E-state index < -0.39 is 24.5 Å². The van der Waals surface area contributed by atoms with Crippen LogP contribution in [0.15, 0.2) is 30.5 Å². The molecule has 7 heteroatoms. The summed E-state index contributed by atoms with van der Waals surface area (Å²) in [5.41, 5.74) is 0.474. The molecule has 1 heterocycles. The molecule has 0 fully saturated rings. The van der Waals surface area contributed by atoms with Gasteiger partial charge in [-0.05, 0) is 11.6 Å². The Kier molecular flexibility index (Phi) is 5.06. The zero-order valence-corrected chi connectivity index (χ0v) is 12.1. The van der Waals surface area contributed by atoms with E-state index in [4.69, 9.17) is 0 Å². The third kappa shape index (κ3) is 3.52. The number of aromatic amines is 1. The van der Waals surface area contributed by atoms with Crippen molar-refractivity contribution in [2.75, 3.05) is 0 Å².